The first-order chi connectivity index (χ1) is 20.1. The topological polar surface area (TPSA) is 67.9 Å². The Labute approximate surface area is 246 Å². The van der Waals surface area contributed by atoms with Gasteiger partial charge < -0.3 is 19.7 Å². The molecule has 212 valence electrons. The molecule has 3 aromatic rings. The molecule has 2 atom stereocenters. The Morgan fingerprint density at radius 2 is 1.37 bits per heavy atom. The van der Waals surface area contributed by atoms with E-state index in [9.17, 15) is 9.59 Å². The van der Waals surface area contributed by atoms with Crippen LogP contribution in [-0.4, -0.2) is 54.7 Å². The SMILES string of the molecule is C=CCOC(=O)NCC=C[C@@H]1C[C@H](SC(c2ccccc2)(c2ccccc2)c2ccccc2)CN1C(=O)OCC=C. The number of nitrogens with one attached hydrogen (secondary N) is 1. The van der Waals surface area contributed by atoms with Crippen molar-refractivity contribution in [2.75, 3.05) is 26.3 Å². The van der Waals surface area contributed by atoms with E-state index in [1.54, 1.807) is 11.0 Å². The molecule has 1 N–H and O–H groups in total. The average Bonchev–Trinajstić information content (AvgIpc) is 3.43. The molecule has 2 amide bonds. The number of hydrogen-bond donors (Lipinski definition) is 1. The van der Waals surface area contributed by atoms with Crippen LogP contribution in [0.3, 0.4) is 0 Å². The number of likely N-dealkylation sites (tertiary alicyclic amines) is 1. The molecule has 0 unspecified atom stereocenters. The van der Waals surface area contributed by atoms with E-state index in [-0.39, 0.29) is 37.1 Å². The van der Waals surface area contributed by atoms with Crippen LogP contribution in [0.5, 0.6) is 0 Å². The fourth-order valence-corrected chi connectivity index (χ4v) is 6.89. The van der Waals surface area contributed by atoms with Gasteiger partial charge >= 0.3 is 12.2 Å². The highest BCUT2D eigenvalue weighted by atomic mass is 32.2. The fourth-order valence-electron chi connectivity index (χ4n) is 5.04. The summed E-state index contributed by atoms with van der Waals surface area (Å²) in [4.78, 5) is 26.7. The number of rotatable bonds is 12. The molecule has 6 nitrogen and oxygen atoms in total. The predicted octanol–water partition coefficient (Wildman–Crippen LogP) is 6.95. The van der Waals surface area contributed by atoms with Crippen molar-refractivity contribution in [3.05, 3.63) is 145 Å². The monoisotopic (exact) mass is 568 g/mol. The lowest BCUT2D eigenvalue weighted by molar-refractivity contribution is 0.114. The van der Waals surface area contributed by atoms with Crippen molar-refractivity contribution in [1.82, 2.24) is 10.2 Å². The predicted molar refractivity (Wildman–Crippen MR) is 166 cm³/mol. The van der Waals surface area contributed by atoms with E-state index < -0.39 is 10.8 Å². The molecule has 0 bridgehead atoms. The summed E-state index contributed by atoms with van der Waals surface area (Å²) in [5.74, 6) is 0. The van der Waals surface area contributed by atoms with Crippen LogP contribution in [0.1, 0.15) is 23.1 Å². The first kappa shape index (κ1) is 29.7. The maximum Gasteiger partial charge on any atom is 0.410 e. The standard InChI is InChI=1S/C34H36N2O4S/c1-3-23-39-32(37)35-22-14-21-30-25-31(26-36(30)33(38)40-24-4-2)41-34(27-15-8-5-9-16-27,28-17-10-6-11-18-28)29-19-12-7-13-20-29/h3-21,30-31H,1-2,22-26H2,(H,35,37)/t30-,31+/m1/s1. The minimum absolute atomic E-state index is 0.0899. The Morgan fingerprint density at radius 3 is 1.88 bits per heavy atom. The molecule has 0 spiro atoms. The minimum atomic E-state index is -0.519. The van der Waals surface area contributed by atoms with E-state index >= 15 is 0 Å². The van der Waals surface area contributed by atoms with E-state index in [1.165, 1.54) is 22.8 Å². The Bertz CT molecular complexity index is 1220. The van der Waals surface area contributed by atoms with Gasteiger partial charge in [0.15, 0.2) is 0 Å². The third-order valence-electron chi connectivity index (χ3n) is 6.80. The van der Waals surface area contributed by atoms with Crippen molar-refractivity contribution in [3.63, 3.8) is 0 Å². The van der Waals surface area contributed by atoms with Gasteiger partial charge in [0.1, 0.15) is 13.2 Å². The second kappa shape index (κ2) is 15.0. The molecule has 1 aliphatic rings. The normalized spacial score (nSPS) is 16.7. The molecule has 0 saturated carbocycles. The summed E-state index contributed by atoms with van der Waals surface area (Å²) in [5, 5.41) is 2.77. The summed E-state index contributed by atoms with van der Waals surface area (Å²) in [6.45, 7) is 8.29. The highest BCUT2D eigenvalue weighted by Gasteiger charge is 2.44. The molecular weight excluding hydrogens is 532 g/mol. The highest BCUT2D eigenvalue weighted by Crippen LogP contribution is 2.52. The van der Waals surface area contributed by atoms with Gasteiger partial charge in [-0.05, 0) is 23.1 Å². The summed E-state index contributed by atoms with van der Waals surface area (Å²) in [7, 11) is 0. The first-order valence-electron chi connectivity index (χ1n) is 13.6. The van der Waals surface area contributed by atoms with Gasteiger partial charge in [-0.3, -0.25) is 0 Å². The van der Waals surface area contributed by atoms with Crippen molar-refractivity contribution >= 4 is 23.9 Å². The van der Waals surface area contributed by atoms with Crippen LogP contribution in [0.15, 0.2) is 128 Å². The van der Waals surface area contributed by atoms with E-state index in [0.29, 0.717) is 6.54 Å². The molecule has 1 saturated heterocycles. The summed E-state index contributed by atoms with van der Waals surface area (Å²) in [5.41, 5.74) is 3.51. The molecule has 1 heterocycles. The Hall–Kier alpha value is -4.23. The summed E-state index contributed by atoms with van der Waals surface area (Å²) in [6.07, 6.45) is 6.70. The molecule has 0 radical (unpaired) electrons. The molecule has 1 fully saturated rings. The Kier molecular flexibility index (Phi) is 10.9. The lowest BCUT2D eigenvalue weighted by Gasteiger charge is -2.37. The number of benzene rings is 3. The highest BCUT2D eigenvalue weighted by molar-refractivity contribution is 8.01. The summed E-state index contributed by atoms with van der Waals surface area (Å²) < 4.78 is 9.92. The second-order valence-corrected chi connectivity index (χ2v) is 11.1. The summed E-state index contributed by atoms with van der Waals surface area (Å²) >= 11 is 1.86. The molecule has 1 aliphatic heterocycles. The molecule has 4 rings (SSSR count). The minimum Gasteiger partial charge on any atom is -0.445 e. The maximum absolute atomic E-state index is 13.1. The molecule has 0 aliphatic carbocycles. The Morgan fingerprint density at radius 1 is 0.854 bits per heavy atom. The van der Waals surface area contributed by atoms with Gasteiger partial charge in [-0.15, -0.1) is 11.8 Å². The second-order valence-electron chi connectivity index (χ2n) is 9.54. The first-order valence-corrected chi connectivity index (χ1v) is 14.5. The zero-order valence-corrected chi connectivity index (χ0v) is 23.9. The van der Waals surface area contributed by atoms with Crippen LogP contribution in [0.25, 0.3) is 0 Å². The van der Waals surface area contributed by atoms with Crippen LogP contribution in [0.2, 0.25) is 0 Å². The van der Waals surface area contributed by atoms with Crippen LogP contribution in [0.4, 0.5) is 9.59 Å². The number of ether oxygens (including phenoxy) is 2. The molecule has 7 heteroatoms. The smallest absolute Gasteiger partial charge is 0.410 e. The number of carbonyl (C=O) groups is 2. The number of thioether (sulfide) groups is 1. The molecule has 0 aromatic heterocycles. The number of amides is 2. The molecule has 3 aromatic carbocycles. The third kappa shape index (κ3) is 7.50. The van der Waals surface area contributed by atoms with E-state index in [2.05, 4.69) is 91.3 Å². The quantitative estimate of drug-likeness (QED) is 0.189. The van der Waals surface area contributed by atoms with Crippen LogP contribution < -0.4 is 5.32 Å². The van der Waals surface area contributed by atoms with E-state index in [1.807, 2.05) is 42.1 Å². The fraction of sp³-hybridized carbons (Fsp3) is 0.235. The van der Waals surface area contributed by atoms with Crippen LogP contribution >= 0.6 is 11.8 Å². The number of nitrogens with zero attached hydrogens (tertiary/aromatic N) is 1. The zero-order valence-electron chi connectivity index (χ0n) is 23.1. The summed E-state index contributed by atoms with van der Waals surface area (Å²) in [6, 6.07) is 31.4. The average molecular weight is 569 g/mol. The van der Waals surface area contributed by atoms with Crippen molar-refractivity contribution in [3.8, 4) is 0 Å². The van der Waals surface area contributed by atoms with Crippen molar-refractivity contribution in [2.24, 2.45) is 0 Å². The van der Waals surface area contributed by atoms with Gasteiger partial charge in [-0.25, -0.2) is 9.59 Å². The van der Waals surface area contributed by atoms with Gasteiger partial charge in [0.05, 0.1) is 10.8 Å². The van der Waals surface area contributed by atoms with Crippen molar-refractivity contribution in [2.45, 2.75) is 22.5 Å². The van der Waals surface area contributed by atoms with E-state index in [0.717, 1.165) is 6.42 Å². The largest absolute Gasteiger partial charge is 0.445 e. The van der Waals surface area contributed by atoms with Crippen molar-refractivity contribution < 1.29 is 19.1 Å². The maximum atomic E-state index is 13.1. The molecule has 41 heavy (non-hydrogen) atoms. The number of hydrogen-bond acceptors (Lipinski definition) is 5. The lowest BCUT2D eigenvalue weighted by Crippen LogP contribution is -2.36. The third-order valence-corrected chi connectivity index (χ3v) is 8.54. The van der Waals surface area contributed by atoms with E-state index in [4.69, 9.17) is 9.47 Å². The van der Waals surface area contributed by atoms with Crippen LogP contribution in [-0.2, 0) is 14.2 Å². The Balaban J connectivity index is 1.65. The number of carbonyl (C=O) groups excluding carboxylic acids is 2. The van der Waals surface area contributed by atoms with Gasteiger partial charge in [0.25, 0.3) is 0 Å². The van der Waals surface area contributed by atoms with Crippen molar-refractivity contribution in [1.29, 1.82) is 0 Å². The lowest BCUT2D eigenvalue weighted by atomic mass is 9.84. The van der Waals surface area contributed by atoms with Gasteiger partial charge in [0.2, 0.25) is 0 Å². The van der Waals surface area contributed by atoms with Gasteiger partial charge in [0, 0.05) is 18.3 Å². The van der Waals surface area contributed by atoms with Gasteiger partial charge in [-0.2, -0.15) is 0 Å². The van der Waals surface area contributed by atoms with Crippen LogP contribution in [0, 0.1) is 0 Å². The molecular formula is C34H36N2O4S. The van der Waals surface area contributed by atoms with Gasteiger partial charge in [-0.1, -0.05) is 128 Å². The number of alkyl carbamates (subject to hydrolysis) is 1. The zero-order chi connectivity index (χ0) is 28.9.